The Morgan fingerprint density at radius 3 is 2.73 bits per heavy atom. The van der Waals surface area contributed by atoms with E-state index in [0.29, 0.717) is 17.9 Å². The van der Waals surface area contributed by atoms with E-state index in [0.717, 1.165) is 11.4 Å². The average Bonchev–Trinajstić information content (AvgIpc) is 3.20. The van der Waals surface area contributed by atoms with Gasteiger partial charge in [0.15, 0.2) is 5.69 Å². The number of carbonyl (C=O) groups excluding carboxylic acids is 1. The Bertz CT molecular complexity index is 1100. The van der Waals surface area contributed by atoms with Crippen LogP contribution in [-0.4, -0.2) is 24.8 Å². The van der Waals surface area contributed by atoms with E-state index in [9.17, 15) is 9.18 Å². The highest BCUT2D eigenvalue weighted by Gasteiger charge is 2.19. The SMILES string of the molecule is Cc1nccn1Cc1ccccc1NC(=O)c1nc2ccccn2c1F. The molecule has 0 spiro atoms. The molecule has 0 fully saturated rings. The summed E-state index contributed by atoms with van der Waals surface area (Å²) in [6, 6.07) is 12.5. The minimum absolute atomic E-state index is 0.232. The van der Waals surface area contributed by atoms with Crippen LogP contribution in [0.5, 0.6) is 0 Å². The third kappa shape index (κ3) is 2.83. The third-order valence-corrected chi connectivity index (χ3v) is 4.22. The number of nitrogens with zero attached hydrogens (tertiary/aromatic N) is 4. The summed E-state index contributed by atoms with van der Waals surface area (Å²) in [5, 5.41) is 2.77. The van der Waals surface area contributed by atoms with Crippen molar-refractivity contribution >= 4 is 17.2 Å². The van der Waals surface area contributed by atoms with Crippen LogP contribution in [0.1, 0.15) is 21.9 Å². The molecule has 1 amide bonds. The van der Waals surface area contributed by atoms with Crippen molar-refractivity contribution in [3.8, 4) is 0 Å². The monoisotopic (exact) mass is 349 g/mol. The second-order valence-electron chi connectivity index (χ2n) is 5.89. The van der Waals surface area contributed by atoms with Gasteiger partial charge in [0.2, 0.25) is 5.95 Å². The van der Waals surface area contributed by atoms with Gasteiger partial charge in [-0.15, -0.1) is 0 Å². The summed E-state index contributed by atoms with van der Waals surface area (Å²) in [7, 11) is 0. The molecule has 0 saturated carbocycles. The number of rotatable bonds is 4. The number of para-hydroxylation sites is 1. The molecule has 0 atom stereocenters. The smallest absolute Gasteiger partial charge is 0.279 e. The quantitative estimate of drug-likeness (QED) is 0.615. The number of amides is 1. The molecule has 1 N–H and O–H groups in total. The molecule has 3 heterocycles. The highest BCUT2D eigenvalue weighted by molar-refractivity contribution is 6.03. The van der Waals surface area contributed by atoms with Crippen LogP contribution >= 0.6 is 0 Å². The number of aryl methyl sites for hydroxylation is 1. The summed E-state index contributed by atoms with van der Waals surface area (Å²) in [6.07, 6.45) is 5.13. The summed E-state index contributed by atoms with van der Waals surface area (Å²) in [5.41, 5.74) is 1.66. The fourth-order valence-electron chi connectivity index (χ4n) is 2.83. The number of pyridine rings is 1. The Kier molecular flexibility index (Phi) is 3.96. The predicted molar refractivity (Wildman–Crippen MR) is 95.6 cm³/mol. The maximum atomic E-state index is 14.5. The maximum Gasteiger partial charge on any atom is 0.279 e. The first-order valence-corrected chi connectivity index (χ1v) is 8.13. The molecule has 4 aromatic rings. The molecule has 26 heavy (non-hydrogen) atoms. The first-order chi connectivity index (χ1) is 12.6. The molecule has 0 aliphatic carbocycles. The third-order valence-electron chi connectivity index (χ3n) is 4.22. The number of imidazole rings is 2. The van der Waals surface area contributed by atoms with Crippen molar-refractivity contribution in [2.45, 2.75) is 13.5 Å². The molecule has 0 aliphatic heterocycles. The van der Waals surface area contributed by atoms with Crippen molar-refractivity contribution in [2.24, 2.45) is 0 Å². The lowest BCUT2D eigenvalue weighted by Crippen LogP contribution is -2.16. The van der Waals surface area contributed by atoms with Gasteiger partial charge in [0.25, 0.3) is 5.91 Å². The lowest BCUT2D eigenvalue weighted by Gasteiger charge is -2.12. The maximum absolute atomic E-state index is 14.5. The van der Waals surface area contributed by atoms with Crippen molar-refractivity contribution in [1.29, 1.82) is 0 Å². The molecule has 0 unspecified atom stereocenters. The summed E-state index contributed by atoms with van der Waals surface area (Å²) in [4.78, 5) is 20.9. The molecule has 0 aliphatic rings. The Hall–Kier alpha value is -3.48. The number of nitrogens with one attached hydrogen (secondary N) is 1. The molecule has 0 radical (unpaired) electrons. The van der Waals surface area contributed by atoms with Gasteiger partial charge in [0.05, 0.1) is 6.54 Å². The molecular weight excluding hydrogens is 333 g/mol. The van der Waals surface area contributed by atoms with Crippen LogP contribution < -0.4 is 5.32 Å². The van der Waals surface area contributed by atoms with Crippen LogP contribution in [0.25, 0.3) is 5.65 Å². The zero-order valence-corrected chi connectivity index (χ0v) is 14.1. The van der Waals surface area contributed by atoms with Crippen molar-refractivity contribution in [3.63, 3.8) is 0 Å². The van der Waals surface area contributed by atoms with E-state index in [1.807, 2.05) is 35.9 Å². The number of aromatic nitrogens is 4. The standard InChI is InChI=1S/C19H16FN5O/c1-13-21-9-11-24(13)12-14-6-2-3-7-15(14)22-19(26)17-18(20)25-10-5-4-8-16(25)23-17/h2-11H,12H2,1H3,(H,22,26). The lowest BCUT2D eigenvalue weighted by molar-refractivity contribution is 0.101. The van der Waals surface area contributed by atoms with Gasteiger partial charge in [-0.05, 0) is 30.7 Å². The largest absolute Gasteiger partial charge is 0.331 e. The lowest BCUT2D eigenvalue weighted by atomic mass is 10.1. The van der Waals surface area contributed by atoms with Crippen molar-refractivity contribution < 1.29 is 9.18 Å². The molecule has 7 heteroatoms. The van der Waals surface area contributed by atoms with Gasteiger partial charge in [0, 0.05) is 24.3 Å². The number of carbonyl (C=O) groups is 1. The van der Waals surface area contributed by atoms with Crippen molar-refractivity contribution in [3.05, 3.63) is 84.1 Å². The van der Waals surface area contributed by atoms with Crippen LogP contribution in [0.4, 0.5) is 10.1 Å². The van der Waals surface area contributed by atoms with Gasteiger partial charge >= 0.3 is 0 Å². The fourth-order valence-corrected chi connectivity index (χ4v) is 2.83. The van der Waals surface area contributed by atoms with E-state index in [1.54, 1.807) is 30.5 Å². The van der Waals surface area contributed by atoms with Gasteiger partial charge in [-0.2, -0.15) is 4.39 Å². The molecule has 4 rings (SSSR count). The normalized spacial score (nSPS) is 11.0. The fraction of sp³-hybridized carbons (Fsp3) is 0.105. The Morgan fingerprint density at radius 1 is 1.15 bits per heavy atom. The molecular formula is C19H16FN5O. The van der Waals surface area contributed by atoms with Crippen LogP contribution in [0.2, 0.25) is 0 Å². The molecule has 3 aromatic heterocycles. The van der Waals surface area contributed by atoms with Crippen LogP contribution in [0.15, 0.2) is 61.1 Å². The van der Waals surface area contributed by atoms with E-state index in [1.165, 1.54) is 10.6 Å². The first-order valence-electron chi connectivity index (χ1n) is 8.13. The van der Waals surface area contributed by atoms with E-state index in [4.69, 9.17) is 0 Å². The molecule has 1 aromatic carbocycles. The Morgan fingerprint density at radius 2 is 1.96 bits per heavy atom. The number of fused-ring (bicyclic) bond motifs is 1. The highest BCUT2D eigenvalue weighted by atomic mass is 19.1. The van der Waals surface area contributed by atoms with Crippen LogP contribution in [0, 0.1) is 12.9 Å². The molecule has 0 saturated heterocycles. The second kappa shape index (κ2) is 6.44. The van der Waals surface area contributed by atoms with Gasteiger partial charge in [0.1, 0.15) is 11.5 Å². The van der Waals surface area contributed by atoms with E-state index in [-0.39, 0.29) is 5.69 Å². The minimum Gasteiger partial charge on any atom is -0.331 e. The zero-order valence-electron chi connectivity index (χ0n) is 14.1. The van der Waals surface area contributed by atoms with Gasteiger partial charge in [-0.3, -0.25) is 9.20 Å². The summed E-state index contributed by atoms with van der Waals surface area (Å²) in [5.74, 6) is -0.389. The van der Waals surface area contributed by atoms with Crippen LogP contribution in [0.3, 0.4) is 0 Å². The van der Waals surface area contributed by atoms with Gasteiger partial charge in [-0.1, -0.05) is 24.3 Å². The van der Waals surface area contributed by atoms with E-state index < -0.39 is 11.9 Å². The number of hydrogen-bond acceptors (Lipinski definition) is 3. The van der Waals surface area contributed by atoms with E-state index in [2.05, 4.69) is 15.3 Å². The number of hydrogen-bond donors (Lipinski definition) is 1. The summed E-state index contributed by atoms with van der Waals surface area (Å²) < 4.78 is 17.7. The topological polar surface area (TPSA) is 64.2 Å². The minimum atomic E-state index is -0.680. The molecule has 130 valence electrons. The zero-order chi connectivity index (χ0) is 18.1. The van der Waals surface area contributed by atoms with Gasteiger partial charge in [-0.25, -0.2) is 9.97 Å². The second-order valence-corrected chi connectivity index (χ2v) is 5.89. The first kappa shape index (κ1) is 16.0. The van der Waals surface area contributed by atoms with Gasteiger partial charge < -0.3 is 9.88 Å². The average molecular weight is 349 g/mol. The van der Waals surface area contributed by atoms with Crippen molar-refractivity contribution in [2.75, 3.05) is 5.32 Å². The number of benzene rings is 1. The summed E-state index contributed by atoms with van der Waals surface area (Å²) >= 11 is 0. The highest BCUT2D eigenvalue weighted by Crippen LogP contribution is 2.19. The van der Waals surface area contributed by atoms with Crippen molar-refractivity contribution in [1.82, 2.24) is 18.9 Å². The Labute approximate surface area is 148 Å². The molecule has 0 bridgehead atoms. The predicted octanol–water partition coefficient (Wildman–Crippen LogP) is 3.28. The number of halogens is 1. The van der Waals surface area contributed by atoms with E-state index >= 15 is 0 Å². The van der Waals surface area contributed by atoms with Crippen LogP contribution in [-0.2, 0) is 6.54 Å². The Balaban J connectivity index is 1.63. The number of anilines is 1. The summed E-state index contributed by atoms with van der Waals surface area (Å²) in [6.45, 7) is 2.46. The molecule has 6 nitrogen and oxygen atoms in total.